The van der Waals surface area contributed by atoms with E-state index < -0.39 is 5.82 Å². The van der Waals surface area contributed by atoms with Crippen LogP contribution in [0.25, 0.3) is 11.0 Å². The van der Waals surface area contributed by atoms with Crippen LogP contribution < -0.4 is 10.1 Å². The highest BCUT2D eigenvalue weighted by atomic mass is 19.1. The second kappa shape index (κ2) is 9.06. The molecule has 4 aromatic rings. The van der Waals surface area contributed by atoms with Gasteiger partial charge in [-0.1, -0.05) is 24.3 Å². The van der Waals surface area contributed by atoms with E-state index in [0.717, 1.165) is 0 Å². The lowest BCUT2D eigenvalue weighted by atomic mass is 10.1. The number of hydrogen-bond acceptors (Lipinski definition) is 5. The van der Waals surface area contributed by atoms with Gasteiger partial charge in [-0.3, -0.25) is 9.59 Å². The second-order valence-corrected chi connectivity index (χ2v) is 7.33. The number of carbonyl (C=O) groups is 2. The Labute approximate surface area is 184 Å². The first kappa shape index (κ1) is 21.3. The molecule has 0 aliphatic carbocycles. The summed E-state index contributed by atoms with van der Waals surface area (Å²) in [5, 5.41) is 3.72. The molecule has 0 saturated carbocycles. The van der Waals surface area contributed by atoms with Crippen molar-refractivity contribution in [3.63, 3.8) is 0 Å². The Morgan fingerprint density at radius 3 is 2.44 bits per heavy atom. The fourth-order valence-corrected chi connectivity index (χ4v) is 3.42. The minimum absolute atomic E-state index is 0.109. The number of aryl methyl sites for hydroxylation is 1. The first-order valence-electron chi connectivity index (χ1n) is 10.3. The predicted octanol–water partition coefficient (Wildman–Crippen LogP) is 5.80. The minimum atomic E-state index is -0.434. The van der Waals surface area contributed by atoms with Gasteiger partial charge in [0.05, 0.1) is 18.8 Å². The number of nitrogens with one attached hydrogen (secondary N) is 1. The van der Waals surface area contributed by atoms with Crippen molar-refractivity contribution in [2.75, 3.05) is 18.5 Å². The third kappa shape index (κ3) is 4.25. The van der Waals surface area contributed by atoms with E-state index in [0.29, 0.717) is 40.1 Å². The SMILES string of the molecule is CCOc1ccc(C(=O)c2oc3ccccc3c2NCC(=O)c2ccc(C)c(F)c2)cc1. The van der Waals surface area contributed by atoms with Crippen LogP contribution in [0.4, 0.5) is 10.1 Å². The third-order valence-electron chi connectivity index (χ3n) is 5.15. The number of benzene rings is 3. The van der Waals surface area contributed by atoms with Crippen LogP contribution in [0.15, 0.2) is 71.1 Å². The molecule has 1 heterocycles. The van der Waals surface area contributed by atoms with Crippen LogP contribution in [-0.4, -0.2) is 24.7 Å². The van der Waals surface area contributed by atoms with Crippen molar-refractivity contribution in [2.45, 2.75) is 13.8 Å². The Balaban J connectivity index is 1.63. The Morgan fingerprint density at radius 1 is 1.00 bits per heavy atom. The summed E-state index contributed by atoms with van der Waals surface area (Å²) in [6.45, 7) is 3.94. The summed E-state index contributed by atoms with van der Waals surface area (Å²) >= 11 is 0. The highest BCUT2D eigenvalue weighted by Gasteiger charge is 2.22. The number of Topliss-reactive ketones (excluding diaryl/α,β-unsaturated/α-hetero) is 1. The van der Waals surface area contributed by atoms with Crippen molar-refractivity contribution in [1.82, 2.24) is 0 Å². The Kier molecular flexibility index (Phi) is 6.03. The van der Waals surface area contributed by atoms with E-state index >= 15 is 0 Å². The van der Waals surface area contributed by atoms with Crippen molar-refractivity contribution in [1.29, 1.82) is 0 Å². The molecule has 0 bridgehead atoms. The van der Waals surface area contributed by atoms with Crippen LogP contribution in [0.2, 0.25) is 0 Å². The number of anilines is 1. The molecule has 0 aliphatic rings. The minimum Gasteiger partial charge on any atom is -0.494 e. The summed E-state index contributed by atoms with van der Waals surface area (Å²) in [5.41, 5.74) is 2.12. The van der Waals surface area contributed by atoms with Crippen molar-refractivity contribution in [2.24, 2.45) is 0 Å². The zero-order chi connectivity index (χ0) is 22.7. The Morgan fingerprint density at radius 2 is 1.72 bits per heavy atom. The first-order chi connectivity index (χ1) is 15.5. The number of ketones is 2. The van der Waals surface area contributed by atoms with Gasteiger partial charge < -0.3 is 14.5 Å². The summed E-state index contributed by atoms with van der Waals surface area (Å²) in [6.07, 6.45) is 0. The van der Waals surface area contributed by atoms with Crippen LogP contribution in [-0.2, 0) is 0 Å². The summed E-state index contributed by atoms with van der Waals surface area (Å²) in [5.74, 6) is -0.272. The summed E-state index contributed by atoms with van der Waals surface area (Å²) < 4.78 is 25.1. The molecule has 0 spiro atoms. The van der Waals surface area contributed by atoms with E-state index in [1.54, 1.807) is 55.5 Å². The van der Waals surface area contributed by atoms with Gasteiger partial charge in [-0.15, -0.1) is 0 Å². The number of para-hydroxylation sites is 1. The van der Waals surface area contributed by atoms with Gasteiger partial charge in [0, 0.05) is 16.5 Å². The summed E-state index contributed by atoms with van der Waals surface area (Å²) in [4.78, 5) is 25.8. The number of rotatable bonds is 8. The predicted molar refractivity (Wildman–Crippen MR) is 121 cm³/mol. The molecule has 0 atom stereocenters. The quantitative estimate of drug-likeness (QED) is 0.357. The molecular formula is C26H22FNO4. The number of hydrogen-bond donors (Lipinski definition) is 1. The first-order valence-corrected chi connectivity index (χ1v) is 10.3. The molecule has 0 radical (unpaired) electrons. The summed E-state index contributed by atoms with van der Waals surface area (Å²) in [7, 11) is 0. The second-order valence-electron chi connectivity index (χ2n) is 7.33. The molecule has 162 valence electrons. The van der Waals surface area contributed by atoms with Crippen LogP contribution in [0.5, 0.6) is 5.75 Å². The normalized spacial score (nSPS) is 10.8. The molecule has 0 aliphatic heterocycles. The van der Waals surface area contributed by atoms with Crippen molar-refractivity contribution in [3.8, 4) is 5.75 Å². The molecule has 3 aromatic carbocycles. The molecule has 32 heavy (non-hydrogen) atoms. The van der Waals surface area contributed by atoms with E-state index in [1.165, 1.54) is 6.07 Å². The van der Waals surface area contributed by atoms with Crippen LogP contribution in [0, 0.1) is 12.7 Å². The van der Waals surface area contributed by atoms with E-state index in [1.807, 2.05) is 19.1 Å². The average Bonchev–Trinajstić information content (AvgIpc) is 3.18. The van der Waals surface area contributed by atoms with Crippen LogP contribution in [0.1, 0.15) is 39.0 Å². The molecule has 0 amide bonds. The fraction of sp³-hybridized carbons (Fsp3) is 0.154. The van der Waals surface area contributed by atoms with Crippen LogP contribution in [0.3, 0.4) is 0 Å². The van der Waals surface area contributed by atoms with E-state index in [2.05, 4.69) is 5.32 Å². The fourth-order valence-electron chi connectivity index (χ4n) is 3.42. The topological polar surface area (TPSA) is 68.5 Å². The van der Waals surface area contributed by atoms with Gasteiger partial charge in [-0.2, -0.15) is 0 Å². The zero-order valence-electron chi connectivity index (χ0n) is 17.8. The molecule has 1 aromatic heterocycles. The van der Waals surface area contributed by atoms with E-state index in [-0.39, 0.29) is 29.4 Å². The van der Waals surface area contributed by atoms with E-state index in [4.69, 9.17) is 9.15 Å². The molecule has 1 N–H and O–H groups in total. The largest absolute Gasteiger partial charge is 0.494 e. The highest BCUT2D eigenvalue weighted by Crippen LogP contribution is 2.32. The monoisotopic (exact) mass is 431 g/mol. The van der Waals surface area contributed by atoms with Gasteiger partial charge in [-0.05, 0) is 61.9 Å². The lowest BCUT2D eigenvalue weighted by molar-refractivity contribution is 0.0997. The van der Waals surface area contributed by atoms with Gasteiger partial charge in [0.2, 0.25) is 5.78 Å². The standard InChI is InChI=1S/C26H22FNO4/c1-3-31-19-12-10-17(11-13-19)25(30)26-24(20-6-4-5-7-23(20)32-26)28-15-22(29)18-9-8-16(2)21(27)14-18/h4-14,28H,3,15H2,1-2H3. The average molecular weight is 431 g/mol. The number of carbonyl (C=O) groups excluding carboxylic acids is 2. The molecule has 0 unspecified atom stereocenters. The smallest absolute Gasteiger partial charge is 0.230 e. The number of fused-ring (bicyclic) bond motifs is 1. The van der Waals surface area contributed by atoms with Gasteiger partial charge in [-0.25, -0.2) is 4.39 Å². The van der Waals surface area contributed by atoms with Gasteiger partial charge in [0.25, 0.3) is 0 Å². The summed E-state index contributed by atoms with van der Waals surface area (Å²) in [6, 6.07) is 18.4. The number of furan rings is 1. The zero-order valence-corrected chi connectivity index (χ0v) is 17.8. The molecule has 0 fully saturated rings. The molecule has 4 rings (SSSR count). The highest BCUT2D eigenvalue weighted by molar-refractivity contribution is 6.15. The van der Waals surface area contributed by atoms with Crippen LogP contribution >= 0.6 is 0 Å². The third-order valence-corrected chi connectivity index (χ3v) is 5.15. The number of halogens is 1. The van der Waals surface area contributed by atoms with Crippen molar-refractivity contribution < 1.29 is 23.1 Å². The molecular weight excluding hydrogens is 409 g/mol. The van der Waals surface area contributed by atoms with E-state index in [9.17, 15) is 14.0 Å². The van der Waals surface area contributed by atoms with Gasteiger partial charge in [0.1, 0.15) is 17.1 Å². The maximum Gasteiger partial charge on any atom is 0.230 e. The lowest BCUT2D eigenvalue weighted by Gasteiger charge is -2.08. The molecule has 6 heteroatoms. The maximum atomic E-state index is 13.9. The Hall–Kier alpha value is -3.93. The molecule has 5 nitrogen and oxygen atoms in total. The van der Waals surface area contributed by atoms with Crippen molar-refractivity contribution in [3.05, 3.63) is 95.0 Å². The molecule has 0 saturated heterocycles. The Bertz CT molecular complexity index is 1290. The van der Waals surface area contributed by atoms with Crippen molar-refractivity contribution >= 4 is 28.2 Å². The number of ether oxygens (including phenoxy) is 1. The lowest BCUT2D eigenvalue weighted by Crippen LogP contribution is -2.16. The van der Waals surface area contributed by atoms with Gasteiger partial charge in [0.15, 0.2) is 11.5 Å². The van der Waals surface area contributed by atoms with Gasteiger partial charge >= 0.3 is 0 Å². The maximum absolute atomic E-state index is 13.9.